The Hall–Kier alpha value is -0.830. The average molecular weight is 235 g/mol. The van der Waals surface area contributed by atoms with Gasteiger partial charge in [-0.3, -0.25) is 0 Å². The number of aryl methyl sites for hydroxylation is 1. The highest BCUT2D eigenvalue weighted by molar-refractivity contribution is 5.17. The fourth-order valence-corrected chi connectivity index (χ4v) is 2.71. The number of nitrogens with one attached hydrogen (secondary N) is 1. The van der Waals surface area contributed by atoms with Gasteiger partial charge in [-0.25, -0.2) is 4.98 Å². The summed E-state index contributed by atoms with van der Waals surface area (Å²) in [4.78, 5) is 4.57. The molecule has 0 bridgehead atoms. The van der Waals surface area contributed by atoms with Crippen LogP contribution in [0.5, 0.6) is 0 Å². The van der Waals surface area contributed by atoms with Gasteiger partial charge in [0.25, 0.3) is 0 Å². The Balaban J connectivity index is 1.90. The summed E-state index contributed by atoms with van der Waals surface area (Å²) in [5.41, 5.74) is 2.86. The second kappa shape index (κ2) is 6.20. The van der Waals surface area contributed by atoms with Crippen molar-refractivity contribution >= 4 is 0 Å². The van der Waals surface area contributed by atoms with Gasteiger partial charge in [0.05, 0.1) is 12.0 Å². The molecule has 3 heteroatoms. The van der Waals surface area contributed by atoms with E-state index in [-0.39, 0.29) is 0 Å². The Bertz CT molecular complexity index is 343. The minimum absolute atomic E-state index is 0.600. The van der Waals surface area contributed by atoms with E-state index in [2.05, 4.69) is 35.0 Å². The van der Waals surface area contributed by atoms with Crippen molar-refractivity contribution in [3.63, 3.8) is 0 Å². The van der Waals surface area contributed by atoms with Gasteiger partial charge in [0.15, 0.2) is 0 Å². The van der Waals surface area contributed by atoms with Crippen LogP contribution in [0.1, 0.15) is 57.0 Å². The Morgan fingerprint density at radius 3 is 3.06 bits per heavy atom. The van der Waals surface area contributed by atoms with Crippen molar-refractivity contribution in [3.8, 4) is 0 Å². The highest BCUT2D eigenvalue weighted by Gasteiger charge is 2.17. The molecule has 17 heavy (non-hydrogen) atoms. The first-order valence-electron chi connectivity index (χ1n) is 7.08. The molecule has 1 aliphatic carbocycles. The predicted octanol–water partition coefficient (Wildman–Crippen LogP) is 2.71. The van der Waals surface area contributed by atoms with Gasteiger partial charge in [0.1, 0.15) is 0 Å². The van der Waals surface area contributed by atoms with E-state index >= 15 is 0 Å². The normalized spacial score (nSPS) is 16.8. The van der Waals surface area contributed by atoms with Crippen LogP contribution in [-0.4, -0.2) is 22.6 Å². The smallest absolute Gasteiger partial charge is 0.0954 e. The van der Waals surface area contributed by atoms with Crippen molar-refractivity contribution in [1.82, 2.24) is 14.9 Å². The van der Waals surface area contributed by atoms with Crippen LogP contribution in [0, 0.1) is 0 Å². The van der Waals surface area contributed by atoms with Gasteiger partial charge in [-0.15, -0.1) is 0 Å². The molecule has 0 amide bonds. The Kier molecular flexibility index (Phi) is 4.60. The van der Waals surface area contributed by atoms with Crippen molar-refractivity contribution in [3.05, 3.63) is 17.7 Å². The van der Waals surface area contributed by atoms with Gasteiger partial charge < -0.3 is 9.88 Å². The van der Waals surface area contributed by atoms with Crippen molar-refractivity contribution in [2.45, 2.75) is 58.4 Å². The molecule has 0 fully saturated rings. The van der Waals surface area contributed by atoms with E-state index in [0.717, 1.165) is 13.1 Å². The number of hydrogen-bond donors (Lipinski definition) is 1. The lowest BCUT2D eigenvalue weighted by Gasteiger charge is -2.19. The number of fused-ring (bicyclic) bond motifs is 1. The first-order valence-corrected chi connectivity index (χ1v) is 7.08. The lowest BCUT2D eigenvalue weighted by Crippen LogP contribution is -2.16. The van der Waals surface area contributed by atoms with Crippen molar-refractivity contribution in [1.29, 1.82) is 0 Å². The van der Waals surface area contributed by atoms with Gasteiger partial charge in [-0.1, -0.05) is 6.92 Å². The van der Waals surface area contributed by atoms with Crippen LogP contribution < -0.4 is 5.32 Å². The zero-order chi connectivity index (χ0) is 12.1. The number of imidazole rings is 1. The molecule has 1 N–H and O–H groups in total. The Labute approximate surface area is 105 Å². The maximum Gasteiger partial charge on any atom is 0.0954 e. The predicted molar refractivity (Wildman–Crippen MR) is 71.4 cm³/mol. The summed E-state index contributed by atoms with van der Waals surface area (Å²) >= 11 is 0. The minimum atomic E-state index is 0.600. The molecule has 1 aromatic rings. The summed E-state index contributed by atoms with van der Waals surface area (Å²) in [6, 6.07) is 0.600. The third-order valence-electron chi connectivity index (χ3n) is 3.76. The lowest BCUT2D eigenvalue weighted by atomic mass is 10.0. The van der Waals surface area contributed by atoms with Gasteiger partial charge in [-0.05, 0) is 58.5 Å². The maximum atomic E-state index is 4.57. The standard InChI is InChI=1S/C14H25N3/c1-3-15-10-6-7-12(2)17-11-16-13-8-4-5-9-14(13)17/h11-12,15H,3-10H2,1-2H3. The molecule has 1 heterocycles. The largest absolute Gasteiger partial charge is 0.332 e. The molecule has 3 nitrogen and oxygen atoms in total. The van der Waals surface area contributed by atoms with Crippen LogP contribution in [0.25, 0.3) is 0 Å². The molecule has 0 radical (unpaired) electrons. The molecule has 0 aromatic carbocycles. The number of rotatable bonds is 6. The SMILES string of the molecule is CCNCCCC(C)n1cnc2c1CCCC2. The summed E-state index contributed by atoms with van der Waals surface area (Å²) in [5.74, 6) is 0. The number of hydrogen-bond acceptors (Lipinski definition) is 2. The summed E-state index contributed by atoms with van der Waals surface area (Å²) in [7, 11) is 0. The van der Waals surface area contributed by atoms with Crippen LogP contribution in [0.4, 0.5) is 0 Å². The molecule has 0 spiro atoms. The van der Waals surface area contributed by atoms with Gasteiger partial charge in [-0.2, -0.15) is 0 Å². The number of aromatic nitrogens is 2. The first kappa shape index (κ1) is 12.6. The van der Waals surface area contributed by atoms with E-state index < -0.39 is 0 Å². The summed E-state index contributed by atoms with van der Waals surface area (Å²) < 4.78 is 2.42. The van der Waals surface area contributed by atoms with E-state index in [1.165, 1.54) is 49.9 Å². The maximum absolute atomic E-state index is 4.57. The Morgan fingerprint density at radius 2 is 2.24 bits per heavy atom. The molecular weight excluding hydrogens is 210 g/mol. The third kappa shape index (κ3) is 3.09. The zero-order valence-corrected chi connectivity index (χ0v) is 11.2. The molecule has 0 saturated carbocycles. The summed E-state index contributed by atoms with van der Waals surface area (Å²) in [5, 5.41) is 3.39. The molecule has 1 unspecified atom stereocenters. The second-order valence-corrected chi connectivity index (χ2v) is 5.10. The van der Waals surface area contributed by atoms with Crippen molar-refractivity contribution < 1.29 is 0 Å². The van der Waals surface area contributed by atoms with Crippen LogP contribution in [0.3, 0.4) is 0 Å². The van der Waals surface area contributed by atoms with E-state index in [4.69, 9.17) is 0 Å². The molecule has 1 aromatic heterocycles. The number of nitrogens with zero attached hydrogens (tertiary/aromatic N) is 2. The van der Waals surface area contributed by atoms with Crippen molar-refractivity contribution in [2.24, 2.45) is 0 Å². The molecule has 0 aliphatic heterocycles. The molecule has 2 rings (SSSR count). The van der Waals surface area contributed by atoms with Crippen LogP contribution >= 0.6 is 0 Å². The van der Waals surface area contributed by atoms with Gasteiger partial charge in [0.2, 0.25) is 0 Å². The van der Waals surface area contributed by atoms with Crippen LogP contribution in [-0.2, 0) is 12.8 Å². The van der Waals surface area contributed by atoms with E-state index in [9.17, 15) is 0 Å². The average Bonchev–Trinajstić information content (AvgIpc) is 2.78. The fourth-order valence-electron chi connectivity index (χ4n) is 2.71. The highest BCUT2D eigenvalue weighted by atomic mass is 15.1. The van der Waals surface area contributed by atoms with E-state index in [1.807, 2.05) is 0 Å². The quantitative estimate of drug-likeness (QED) is 0.768. The van der Waals surface area contributed by atoms with Crippen LogP contribution in [0.15, 0.2) is 6.33 Å². The summed E-state index contributed by atoms with van der Waals surface area (Å²) in [6.07, 6.45) is 9.63. The topological polar surface area (TPSA) is 29.9 Å². The minimum Gasteiger partial charge on any atom is -0.332 e. The molecular formula is C14H25N3. The first-order chi connectivity index (χ1) is 8.33. The van der Waals surface area contributed by atoms with E-state index in [1.54, 1.807) is 0 Å². The second-order valence-electron chi connectivity index (χ2n) is 5.10. The van der Waals surface area contributed by atoms with Crippen molar-refractivity contribution in [2.75, 3.05) is 13.1 Å². The van der Waals surface area contributed by atoms with Crippen LogP contribution in [0.2, 0.25) is 0 Å². The van der Waals surface area contributed by atoms with E-state index in [0.29, 0.717) is 6.04 Å². The molecule has 1 aliphatic rings. The van der Waals surface area contributed by atoms with Gasteiger partial charge in [0, 0.05) is 11.7 Å². The Morgan fingerprint density at radius 1 is 1.41 bits per heavy atom. The summed E-state index contributed by atoms with van der Waals surface area (Å²) in [6.45, 7) is 6.70. The fraction of sp³-hybridized carbons (Fsp3) is 0.786. The molecule has 0 saturated heterocycles. The monoisotopic (exact) mass is 235 g/mol. The molecule has 1 atom stereocenters. The lowest BCUT2D eigenvalue weighted by molar-refractivity contribution is 0.459. The highest BCUT2D eigenvalue weighted by Crippen LogP contribution is 2.24. The third-order valence-corrected chi connectivity index (χ3v) is 3.76. The molecule has 96 valence electrons. The van der Waals surface area contributed by atoms with Gasteiger partial charge >= 0.3 is 0 Å². The zero-order valence-electron chi connectivity index (χ0n) is 11.2.